The molecule has 1 amide bonds. The first-order valence-corrected chi connectivity index (χ1v) is 7.01. The van der Waals surface area contributed by atoms with Crippen LogP contribution in [-0.2, 0) is 9.53 Å². The van der Waals surface area contributed by atoms with Gasteiger partial charge in [-0.3, -0.25) is 9.69 Å². The third-order valence-corrected chi connectivity index (χ3v) is 3.91. The van der Waals surface area contributed by atoms with E-state index >= 15 is 0 Å². The van der Waals surface area contributed by atoms with Crippen LogP contribution in [0.1, 0.15) is 25.7 Å². The number of morpholine rings is 1. The Kier molecular flexibility index (Phi) is 5.41. The molecule has 1 N–H and O–H groups in total. The normalized spacial score (nSPS) is 25.6. The predicted octanol–water partition coefficient (Wildman–Crippen LogP) is 0.0821. The Hall–Kier alpha value is -0.650. The summed E-state index contributed by atoms with van der Waals surface area (Å²) in [6.07, 6.45) is 3.78. The maximum Gasteiger partial charge on any atom is 0.222 e. The summed E-state index contributed by atoms with van der Waals surface area (Å²) >= 11 is 0. The molecule has 5 heteroatoms. The second-order valence-corrected chi connectivity index (χ2v) is 5.11. The molecule has 0 saturated carbocycles. The Morgan fingerprint density at radius 2 is 2.06 bits per heavy atom. The molecule has 2 aliphatic rings. The number of nitrogens with zero attached hydrogens (tertiary/aromatic N) is 2. The molecule has 1 atom stereocenters. The molecule has 2 fully saturated rings. The number of rotatable bonds is 5. The van der Waals surface area contributed by atoms with Gasteiger partial charge in [0.15, 0.2) is 0 Å². The molecule has 0 aromatic rings. The molecule has 0 bridgehead atoms. The Morgan fingerprint density at radius 3 is 2.78 bits per heavy atom. The fraction of sp³-hybridized carbons (Fsp3) is 0.923. The molecule has 2 heterocycles. The van der Waals surface area contributed by atoms with Gasteiger partial charge in [-0.2, -0.15) is 0 Å². The van der Waals surface area contributed by atoms with Crippen molar-refractivity contribution in [1.29, 1.82) is 0 Å². The first-order chi connectivity index (χ1) is 8.81. The first-order valence-electron chi connectivity index (χ1n) is 7.01. The lowest BCUT2D eigenvalue weighted by atomic mass is 10.2. The molecule has 2 rings (SSSR count). The summed E-state index contributed by atoms with van der Waals surface area (Å²) < 4.78 is 5.23. The first kappa shape index (κ1) is 13.8. The molecule has 0 unspecified atom stereocenters. The summed E-state index contributed by atoms with van der Waals surface area (Å²) in [4.78, 5) is 16.1. The van der Waals surface area contributed by atoms with Gasteiger partial charge in [0.1, 0.15) is 0 Å². The van der Waals surface area contributed by atoms with Gasteiger partial charge in [-0.1, -0.05) is 0 Å². The number of ether oxygens (including phenoxy) is 1. The van der Waals surface area contributed by atoms with Gasteiger partial charge in [0.05, 0.1) is 19.8 Å². The predicted molar refractivity (Wildman–Crippen MR) is 68.3 cm³/mol. The lowest BCUT2D eigenvalue weighted by molar-refractivity contribution is -0.135. The number of amides is 1. The lowest BCUT2D eigenvalue weighted by Gasteiger charge is -2.27. The van der Waals surface area contributed by atoms with Crippen molar-refractivity contribution in [3.8, 4) is 0 Å². The van der Waals surface area contributed by atoms with E-state index in [1.807, 2.05) is 4.90 Å². The van der Waals surface area contributed by atoms with E-state index in [1.54, 1.807) is 0 Å². The molecule has 2 aliphatic heterocycles. The van der Waals surface area contributed by atoms with Crippen molar-refractivity contribution in [2.45, 2.75) is 31.7 Å². The number of carbonyl (C=O) groups is 1. The third kappa shape index (κ3) is 3.67. The van der Waals surface area contributed by atoms with E-state index in [1.165, 1.54) is 6.42 Å². The average Bonchev–Trinajstić information content (AvgIpc) is 2.87. The topological polar surface area (TPSA) is 53.0 Å². The van der Waals surface area contributed by atoms with Crippen LogP contribution >= 0.6 is 0 Å². The van der Waals surface area contributed by atoms with Gasteiger partial charge in [0.2, 0.25) is 5.91 Å². The molecule has 0 aromatic carbocycles. The monoisotopic (exact) mass is 256 g/mol. The maximum atomic E-state index is 11.9. The Labute approximate surface area is 109 Å². The van der Waals surface area contributed by atoms with E-state index in [0.29, 0.717) is 25.7 Å². The van der Waals surface area contributed by atoms with Crippen LogP contribution in [0.2, 0.25) is 0 Å². The summed E-state index contributed by atoms with van der Waals surface area (Å²) in [5, 5.41) is 9.22. The molecule has 104 valence electrons. The zero-order valence-corrected chi connectivity index (χ0v) is 11.0. The molecule has 2 saturated heterocycles. The minimum absolute atomic E-state index is 0.247. The van der Waals surface area contributed by atoms with E-state index < -0.39 is 0 Å². The highest BCUT2D eigenvalue weighted by atomic mass is 16.5. The molecule has 0 radical (unpaired) electrons. The zero-order chi connectivity index (χ0) is 12.8. The molecule has 18 heavy (non-hydrogen) atoms. The van der Waals surface area contributed by atoms with Crippen molar-refractivity contribution >= 4 is 5.91 Å². The van der Waals surface area contributed by atoms with Crippen LogP contribution in [0.4, 0.5) is 0 Å². The number of likely N-dealkylation sites (tertiary alicyclic amines) is 1. The molecule has 5 nitrogen and oxygen atoms in total. The Morgan fingerprint density at radius 1 is 1.28 bits per heavy atom. The minimum atomic E-state index is 0.247. The minimum Gasteiger partial charge on any atom is -0.395 e. The van der Waals surface area contributed by atoms with Crippen LogP contribution in [-0.4, -0.2) is 72.9 Å². The number of hydrogen-bond acceptors (Lipinski definition) is 4. The van der Waals surface area contributed by atoms with Gasteiger partial charge < -0.3 is 14.7 Å². The van der Waals surface area contributed by atoms with Crippen molar-refractivity contribution in [2.24, 2.45) is 0 Å². The van der Waals surface area contributed by atoms with Crippen LogP contribution in [0.3, 0.4) is 0 Å². The standard InChI is InChI=1S/C13H24N2O3/c16-11-12-3-1-5-14(12)6-2-4-13(17)15-7-9-18-10-8-15/h12,16H,1-11H2/t12-/m1/s1. The SMILES string of the molecule is O=C(CCCN1CCC[C@@H]1CO)N1CCOCC1. The van der Waals surface area contributed by atoms with Crippen molar-refractivity contribution in [3.05, 3.63) is 0 Å². The largest absolute Gasteiger partial charge is 0.395 e. The summed E-state index contributed by atoms with van der Waals surface area (Å²) in [7, 11) is 0. The molecular formula is C13H24N2O3. The fourth-order valence-electron chi connectivity index (χ4n) is 2.80. The summed E-state index contributed by atoms with van der Waals surface area (Å²) in [5.41, 5.74) is 0. The second-order valence-electron chi connectivity index (χ2n) is 5.11. The van der Waals surface area contributed by atoms with E-state index in [9.17, 15) is 9.90 Å². The number of aliphatic hydroxyl groups excluding tert-OH is 1. The summed E-state index contributed by atoms with van der Waals surface area (Å²) in [6, 6.07) is 0.323. The van der Waals surface area contributed by atoms with Crippen LogP contribution < -0.4 is 0 Å². The van der Waals surface area contributed by atoms with Gasteiger partial charge in [-0.05, 0) is 32.4 Å². The highest BCUT2D eigenvalue weighted by Crippen LogP contribution is 2.17. The van der Waals surface area contributed by atoms with Gasteiger partial charge in [-0.25, -0.2) is 0 Å². The van der Waals surface area contributed by atoms with Gasteiger partial charge in [-0.15, -0.1) is 0 Å². The van der Waals surface area contributed by atoms with Crippen molar-refractivity contribution in [3.63, 3.8) is 0 Å². The van der Waals surface area contributed by atoms with Crippen molar-refractivity contribution < 1.29 is 14.6 Å². The lowest BCUT2D eigenvalue weighted by Crippen LogP contribution is -2.41. The van der Waals surface area contributed by atoms with Crippen LogP contribution in [0.15, 0.2) is 0 Å². The Balaban J connectivity index is 1.63. The quantitative estimate of drug-likeness (QED) is 0.757. The Bertz CT molecular complexity index is 267. The van der Waals surface area contributed by atoms with Crippen molar-refractivity contribution in [1.82, 2.24) is 9.80 Å². The smallest absolute Gasteiger partial charge is 0.222 e. The zero-order valence-electron chi connectivity index (χ0n) is 11.0. The van der Waals surface area contributed by atoms with Crippen LogP contribution in [0.25, 0.3) is 0 Å². The highest BCUT2D eigenvalue weighted by Gasteiger charge is 2.23. The van der Waals surface area contributed by atoms with Crippen molar-refractivity contribution in [2.75, 3.05) is 46.0 Å². The summed E-state index contributed by atoms with van der Waals surface area (Å²) in [5.74, 6) is 0.248. The third-order valence-electron chi connectivity index (χ3n) is 3.91. The molecule has 0 aromatic heterocycles. The van der Waals surface area contributed by atoms with E-state index in [0.717, 1.165) is 39.0 Å². The second kappa shape index (κ2) is 7.07. The number of aliphatic hydroxyl groups is 1. The number of hydrogen-bond donors (Lipinski definition) is 1. The van der Waals surface area contributed by atoms with E-state index in [2.05, 4.69) is 4.90 Å². The van der Waals surface area contributed by atoms with Crippen LogP contribution in [0.5, 0.6) is 0 Å². The van der Waals surface area contributed by atoms with Gasteiger partial charge >= 0.3 is 0 Å². The fourth-order valence-corrected chi connectivity index (χ4v) is 2.80. The van der Waals surface area contributed by atoms with Gasteiger partial charge in [0.25, 0.3) is 0 Å². The van der Waals surface area contributed by atoms with Crippen LogP contribution in [0, 0.1) is 0 Å². The molecule has 0 spiro atoms. The highest BCUT2D eigenvalue weighted by molar-refractivity contribution is 5.76. The van der Waals surface area contributed by atoms with Gasteiger partial charge in [0, 0.05) is 25.6 Å². The molecular weight excluding hydrogens is 232 g/mol. The van der Waals surface area contributed by atoms with E-state index in [-0.39, 0.29) is 12.5 Å². The number of carbonyl (C=O) groups excluding carboxylic acids is 1. The summed E-state index contributed by atoms with van der Waals surface area (Å²) in [6.45, 7) is 5.06. The van der Waals surface area contributed by atoms with E-state index in [4.69, 9.17) is 4.74 Å². The molecule has 0 aliphatic carbocycles. The average molecular weight is 256 g/mol. The maximum absolute atomic E-state index is 11.9.